The minimum atomic E-state index is -4.39. The van der Waals surface area contributed by atoms with Gasteiger partial charge in [-0.25, -0.2) is 0 Å². The van der Waals surface area contributed by atoms with Crippen LogP contribution in [-0.4, -0.2) is 10.9 Å². The zero-order valence-corrected chi connectivity index (χ0v) is 14.5. The van der Waals surface area contributed by atoms with Crippen molar-refractivity contribution < 1.29 is 18.0 Å². The molecule has 6 heteroatoms. The summed E-state index contributed by atoms with van der Waals surface area (Å²) in [5, 5.41) is 2.90. The lowest BCUT2D eigenvalue weighted by molar-refractivity contribution is -0.137. The molecule has 1 atom stereocenters. The number of carbonyl (C=O) groups is 1. The lowest BCUT2D eigenvalue weighted by Gasteiger charge is -2.16. The highest BCUT2D eigenvalue weighted by molar-refractivity contribution is 6.01. The lowest BCUT2D eigenvalue weighted by atomic mass is 9.97. The van der Waals surface area contributed by atoms with Crippen molar-refractivity contribution in [2.24, 2.45) is 0 Å². The van der Waals surface area contributed by atoms with E-state index in [9.17, 15) is 18.0 Å². The summed E-state index contributed by atoms with van der Waals surface area (Å²) in [5.41, 5.74) is 1.65. The summed E-state index contributed by atoms with van der Waals surface area (Å²) in [4.78, 5) is 16.8. The third kappa shape index (κ3) is 4.34. The van der Waals surface area contributed by atoms with E-state index in [1.165, 1.54) is 12.1 Å². The number of nitrogens with one attached hydrogen (secondary N) is 1. The second-order valence-corrected chi connectivity index (χ2v) is 6.10. The summed E-state index contributed by atoms with van der Waals surface area (Å²) in [5.74, 6) is -0.304. The molecule has 0 aliphatic carbocycles. The Morgan fingerprint density at radius 1 is 1.00 bits per heavy atom. The van der Waals surface area contributed by atoms with Crippen molar-refractivity contribution in [1.29, 1.82) is 0 Å². The van der Waals surface area contributed by atoms with Gasteiger partial charge in [-0.05, 0) is 47.9 Å². The molecule has 1 aromatic heterocycles. The fraction of sp³-hybridized carbons (Fsp3) is 0.143. The third-order valence-corrected chi connectivity index (χ3v) is 4.23. The van der Waals surface area contributed by atoms with Gasteiger partial charge in [-0.3, -0.25) is 9.78 Å². The molecule has 0 bridgehead atoms. The minimum Gasteiger partial charge on any atom is -0.345 e. The summed E-state index contributed by atoms with van der Waals surface area (Å²) >= 11 is 0. The van der Waals surface area contributed by atoms with Gasteiger partial charge in [0.05, 0.1) is 11.6 Å². The van der Waals surface area contributed by atoms with Crippen LogP contribution < -0.4 is 5.32 Å². The van der Waals surface area contributed by atoms with Crippen LogP contribution in [0.25, 0.3) is 11.1 Å². The quantitative estimate of drug-likeness (QED) is 0.681. The number of pyridine rings is 1. The number of rotatable bonds is 4. The van der Waals surface area contributed by atoms with Crippen molar-refractivity contribution in [3.8, 4) is 11.1 Å². The molecule has 0 saturated heterocycles. The molecule has 3 aromatic rings. The monoisotopic (exact) mass is 370 g/mol. The van der Waals surface area contributed by atoms with Gasteiger partial charge < -0.3 is 5.32 Å². The second kappa shape index (κ2) is 7.61. The number of aromatic nitrogens is 1. The Morgan fingerprint density at radius 2 is 1.70 bits per heavy atom. The van der Waals surface area contributed by atoms with E-state index in [0.29, 0.717) is 16.7 Å². The molecular formula is C21H17F3N2O. The molecule has 0 saturated carbocycles. The van der Waals surface area contributed by atoms with E-state index < -0.39 is 11.7 Å². The SMILES string of the molecule is CC(NC(=O)c1ccccc1-c1ccc(C(F)(F)F)cc1)c1cccnc1. The van der Waals surface area contributed by atoms with Crippen molar-refractivity contribution in [2.75, 3.05) is 0 Å². The fourth-order valence-electron chi connectivity index (χ4n) is 2.76. The number of halogens is 3. The Balaban J connectivity index is 1.86. The Kier molecular flexibility index (Phi) is 5.26. The van der Waals surface area contributed by atoms with Gasteiger partial charge in [0.25, 0.3) is 5.91 Å². The van der Waals surface area contributed by atoms with Gasteiger partial charge in [0, 0.05) is 18.0 Å². The van der Waals surface area contributed by atoms with Gasteiger partial charge in [-0.2, -0.15) is 13.2 Å². The molecule has 3 rings (SSSR count). The van der Waals surface area contributed by atoms with E-state index in [0.717, 1.165) is 17.7 Å². The number of hydrogen-bond donors (Lipinski definition) is 1. The molecule has 27 heavy (non-hydrogen) atoms. The molecule has 1 amide bonds. The molecule has 0 aliphatic heterocycles. The zero-order valence-electron chi connectivity index (χ0n) is 14.5. The number of benzene rings is 2. The maximum Gasteiger partial charge on any atom is 0.416 e. The Labute approximate surface area is 154 Å². The van der Waals surface area contributed by atoms with Crippen LogP contribution in [-0.2, 0) is 6.18 Å². The smallest absolute Gasteiger partial charge is 0.345 e. The minimum absolute atomic E-state index is 0.258. The zero-order chi connectivity index (χ0) is 19.4. The molecule has 0 radical (unpaired) electrons. The van der Waals surface area contributed by atoms with Gasteiger partial charge in [-0.15, -0.1) is 0 Å². The number of alkyl halides is 3. The highest BCUT2D eigenvalue weighted by atomic mass is 19.4. The number of amides is 1. The average molecular weight is 370 g/mol. The van der Waals surface area contributed by atoms with E-state index in [1.807, 2.05) is 13.0 Å². The van der Waals surface area contributed by atoms with Crippen molar-refractivity contribution in [1.82, 2.24) is 10.3 Å². The molecule has 1 N–H and O–H groups in total. The summed E-state index contributed by atoms with van der Waals surface area (Å²) in [6.07, 6.45) is -1.07. The van der Waals surface area contributed by atoms with E-state index in [4.69, 9.17) is 0 Å². The second-order valence-electron chi connectivity index (χ2n) is 6.10. The van der Waals surface area contributed by atoms with Crippen LogP contribution >= 0.6 is 0 Å². The van der Waals surface area contributed by atoms with Crippen molar-refractivity contribution in [2.45, 2.75) is 19.1 Å². The third-order valence-electron chi connectivity index (χ3n) is 4.23. The van der Waals surface area contributed by atoms with E-state index in [2.05, 4.69) is 10.3 Å². The van der Waals surface area contributed by atoms with Gasteiger partial charge in [0.1, 0.15) is 0 Å². The van der Waals surface area contributed by atoms with Gasteiger partial charge >= 0.3 is 6.18 Å². The van der Waals surface area contributed by atoms with E-state index >= 15 is 0 Å². The number of nitrogens with zero attached hydrogens (tertiary/aromatic N) is 1. The molecule has 0 spiro atoms. The van der Waals surface area contributed by atoms with Gasteiger partial charge in [-0.1, -0.05) is 36.4 Å². The first kappa shape index (κ1) is 18.6. The van der Waals surface area contributed by atoms with Gasteiger partial charge in [0.2, 0.25) is 0 Å². The first-order valence-electron chi connectivity index (χ1n) is 8.33. The van der Waals surface area contributed by atoms with Crippen LogP contribution in [0, 0.1) is 0 Å². The Hall–Kier alpha value is -3.15. The Morgan fingerprint density at radius 3 is 2.33 bits per heavy atom. The van der Waals surface area contributed by atoms with E-state index in [-0.39, 0.29) is 11.9 Å². The topological polar surface area (TPSA) is 42.0 Å². The van der Waals surface area contributed by atoms with Crippen LogP contribution in [0.15, 0.2) is 73.1 Å². The Bertz CT molecular complexity index is 922. The summed E-state index contributed by atoms with van der Waals surface area (Å²) in [6.45, 7) is 1.84. The van der Waals surface area contributed by atoms with Crippen LogP contribution in [0.4, 0.5) is 13.2 Å². The summed E-state index contributed by atoms with van der Waals surface area (Å²) in [7, 11) is 0. The number of hydrogen-bond acceptors (Lipinski definition) is 2. The van der Waals surface area contributed by atoms with Crippen molar-refractivity contribution in [3.05, 3.63) is 89.7 Å². The first-order valence-corrected chi connectivity index (χ1v) is 8.33. The maximum atomic E-state index is 12.8. The first-order chi connectivity index (χ1) is 12.9. The van der Waals surface area contributed by atoms with Crippen molar-refractivity contribution in [3.63, 3.8) is 0 Å². The summed E-state index contributed by atoms with van der Waals surface area (Å²) in [6, 6.07) is 15.0. The van der Waals surface area contributed by atoms with Crippen LogP contribution in [0.5, 0.6) is 0 Å². The van der Waals surface area contributed by atoms with Crippen LogP contribution in [0.3, 0.4) is 0 Å². The maximum absolute atomic E-state index is 12.8. The number of carbonyl (C=O) groups excluding carboxylic acids is 1. The fourth-order valence-corrected chi connectivity index (χ4v) is 2.76. The predicted molar refractivity (Wildman–Crippen MR) is 97.0 cm³/mol. The molecule has 3 nitrogen and oxygen atoms in total. The summed E-state index contributed by atoms with van der Waals surface area (Å²) < 4.78 is 38.3. The molecular weight excluding hydrogens is 353 g/mol. The molecule has 2 aromatic carbocycles. The van der Waals surface area contributed by atoms with E-state index in [1.54, 1.807) is 42.7 Å². The normalized spacial score (nSPS) is 12.4. The average Bonchev–Trinajstić information content (AvgIpc) is 2.68. The lowest BCUT2D eigenvalue weighted by Crippen LogP contribution is -2.27. The predicted octanol–water partition coefficient (Wildman–Crippen LogP) is 5.26. The van der Waals surface area contributed by atoms with Gasteiger partial charge in [0.15, 0.2) is 0 Å². The molecule has 138 valence electrons. The highest BCUT2D eigenvalue weighted by Crippen LogP contribution is 2.32. The standard InChI is InChI=1S/C21H17F3N2O/c1-14(16-5-4-12-25-13-16)26-20(27)19-7-3-2-6-18(19)15-8-10-17(11-9-15)21(22,23)24/h2-14H,1H3,(H,26,27). The molecule has 1 unspecified atom stereocenters. The largest absolute Gasteiger partial charge is 0.416 e. The van der Waals surface area contributed by atoms with Crippen LogP contribution in [0.1, 0.15) is 34.5 Å². The molecule has 0 fully saturated rings. The molecule has 1 heterocycles. The molecule has 0 aliphatic rings. The highest BCUT2D eigenvalue weighted by Gasteiger charge is 2.30. The van der Waals surface area contributed by atoms with Crippen LogP contribution in [0.2, 0.25) is 0 Å². The van der Waals surface area contributed by atoms with Crippen molar-refractivity contribution >= 4 is 5.91 Å².